The Bertz CT molecular complexity index is 907. The van der Waals surface area contributed by atoms with E-state index in [1.54, 1.807) is 34.9 Å². The second-order valence-corrected chi connectivity index (χ2v) is 9.69. The summed E-state index contributed by atoms with van der Waals surface area (Å²) in [6, 6.07) is 6.21. The summed E-state index contributed by atoms with van der Waals surface area (Å²) in [6.45, 7) is 4.21. The van der Waals surface area contributed by atoms with Gasteiger partial charge in [-0.15, -0.1) is 11.8 Å². The molecule has 0 aliphatic carbocycles. The number of nitrogens with one attached hydrogen (secondary N) is 1. The molecule has 4 rings (SSSR count). The molecule has 1 aromatic rings. The summed E-state index contributed by atoms with van der Waals surface area (Å²) in [5.41, 5.74) is -2.97. The number of benzene rings is 1. The van der Waals surface area contributed by atoms with Crippen molar-refractivity contribution in [2.24, 2.45) is 0 Å². The van der Waals surface area contributed by atoms with Gasteiger partial charge in [0.1, 0.15) is 5.70 Å². The monoisotopic (exact) mass is 484 g/mol. The minimum atomic E-state index is -4.31. The third-order valence-electron chi connectivity index (χ3n) is 5.60. The molecule has 0 bridgehead atoms. The maximum absolute atomic E-state index is 12.4. The molecule has 2 fully saturated rings. The molecular weight excluding hydrogens is 461 g/mol. The van der Waals surface area contributed by atoms with E-state index in [1.165, 1.54) is 18.2 Å². The van der Waals surface area contributed by atoms with E-state index >= 15 is 0 Å². The first-order valence-electron chi connectivity index (χ1n) is 10.2. The van der Waals surface area contributed by atoms with Crippen molar-refractivity contribution in [1.29, 1.82) is 0 Å². The molecule has 1 N–H and O–H groups in total. The molecule has 0 aromatic heterocycles. The van der Waals surface area contributed by atoms with Gasteiger partial charge in [-0.1, -0.05) is 12.1 Å². The number of hydrogen-bond donors (Lipinski definition) is 1. The molecule has 2 saturated heterocycles. The van der Waals surface area contributed by atoms with Gasteiger partial charge in [-0.2, -0.15) is 13.2 Å². The lowest BCUT2D eigenvalue weighted by molar-refractivity contribution is -0.135. The maximum Gasteiger partial charge on any atom is 0.446 e. The number of likely N-dealkylation sites (tertiary alicyclic amines) is 1. The Hall–Kier alpha value is -2.11. The van der Waals surface area contributed by atoms with Crippen molar-refractivity contribution in [3.8, 4) is 0 Å². The lowest BCUT2D eigenvalue weighted by atomic mass is 10.1. The van der Waals surface area contributed by atoms with E-state index in [9.17, 15) is 22.8 Å². The van der Waals surface area contributed by atoms with E-state index < -0.39 is 5.51 Å². The quantitative estimate of drug-likeness (QED) is 0.513. The molecule has 3 aliphatic heterocycles. The number of carbonyl (C=O) groups excluding carboxylic acids is 2. The van der Waals surface area contributed by atoms with Gasteiger partial charge in [0.25, 0.3) is 5.91 Å². The van der Waals surface area contributed by atoms with Crippen LogP contribution in [0.2, 0.25) is 0 Å². The summed E-state index contributed by atoms with van der Waals surface area (Å²) in [7, 11) is 0. The van der Waals surface area contributed by atoms with Gasteiger partial charge in [0.2, 0.25) is 5.91 Å². The summed E-state index contributed by atoms with van der Waals surface area (Å²) >= 11 is 1.43. The Labute approximate surface area is 192 Å². The van der Waals surface area contributed by atoms with Gasteiger partial charge in [0.15, 0.2) is 0 Å². The predicted octanol–water partition coefficient (Wildman–Crippen LogP) is 2.80. The number of halogens is 3. The van der Waals surface area contributed by atoms with E-state index in [0.29, 0.717) is 43.5 Å². The number of piperazine rings is 1. The smallest absolute Gasteiger partial charge is 0.371 e. The Morgan fingerprint density at radius 3 is 2.34 bits per heavy atom. The van der Waals surface area contributed by atoms with Crippen LogP contribution in [0, 0.1) is 0 Å². The van der Waals surface area contributed by atoms with Crippen molar-refractivity contribution >= 4 is 41.4 Å². The number of alkyl halides is 3. The first kappa shape index (κ1) is 23.1. The molecule has 6 nitrogen and oxygen atoms in total. The lowest BCUT2D eigenvalue weighted by Crippen LogP contribution is -2.64. The molecule has 3 heterocycles. The van der Waals surface area contributed by atoms with Crippen molar-refractivity contribution in [1.82, 2.24) is 20.0 Å². The number of rotatable bonds is 5. The zero-order valence-electron chi connectivity index (χ0n) is 17.2. The molecule has 3 aliphatic rings. The van der Waals surface area contributed by atoms with Crippen LogP contribution in [0.15, 0.2) is 46.3 Å². The van der Waals surface area contributed by atoms with Gasteiger partial charge in [0.05, 0.1) is 5.88 Å². The number of hydrogen-bond acceptors (Lipinski definition) is 6. The van der Waals surface area contributed by atoms with Crippen LogP contribution >= 0.6 is 23.5 Å². The molecule has 0 spiro atoms. The van der Waals surface area contributed by atoms with E-state index in [-0.39, 0.29) is 28.5 Å². The van der Waals surface area contributed by atoms with Crippen molar-refractivity contribution in [3.05, 3.63) is 47.0 Å². The zero-order valence-corrected chi connectivity index (χ0v) is 18.8. The van der Waals surface area contributed by atoms with Crippen molar-refractivity contribution in [2.75, 3.05) is 45.1 Å². The summed E-state index contributed by atoms with van der Waals surface area (Å²) in [6.07, 6.45) is 3.07. The van der Waals surface area contributed by atoms with Crippen LogP contribution in [0.25, 0.3) is 6.08 Å². The molecule has 0 saturated carbocycles. The minimum Gasteiger partial charge on any atom is -0.371 e. The van der Waals surface area contributed by atoms with Crippen LogP contribution in [0.3, 0.4) is 0 Å². The van der Waals surface area contributed by atoms with Gasteiger partial charge < -0.3 is 15.1 Å². The SMILES string of the molecule is O=C(/C=C/c1ccc(SC(F)(F)F)cc1)N1CC(N2CCN(C(=O)C3=CSCN3)CC2)C1. The van der Waals surface area contributed by atoms with Gasteiger partial charge in [0, 0.05) is 61.7 Å². The Morgan fingerprint density at radius 2 is 1.75 bits per heavy atom. The number of carbonyl (C=O) groups is 2. The summed E-state index contributed by atoms with van der Waals surface area (Å²) in [5.74, 6) is 0.680. The number of thioether (sulfide) groups is 2. The largest absolute Gasteiger partial charge is 0.446 e. The lowest BCUT2D eigenvalue weighted by Gasteiger charge is -2.47. The summed E-state index contributed by atoms with van der Waals surface area (Å²) < 4.78 is 37.2. The van der Waals surface area contributed by atoms with Gasteiger partial charge in [-0.05, 0) is 35.5 Å². The molecule has 32 heavy (non-hydrogen) atoms. The highest BCUT2D eigenvalue weighted by atomic mass is 32.2. The maximum atomic E-state index is 12.4. The normalized spacial score (nSPS) is 20.3. The van der Waals surface area contributed by atoms with Crippen LogP contribution in [0.5, 0.6) is 0 Å². The highest BCUT2D eigenvalue weighted by molar-refractivity contribution is 8.02. The molecule has 11 heteroatoms. The van der Waals surface area contributed by atoms with Gasteiger partial charge in [-0.3, -0.25) is 14.5 Å². The number of nitrogens with zero attached hydrogens (tertiary/aromatic N) is 3. The van der Waals surface area contributed by atoms with Crippen molar-refractivity contribution in [2.45, 2.75) is 16.4 Å². The van der Waals surface area contributed by atoms with Crippen LogP contribution in [0.1, 0.15) is 5.56 Å². The van der Waals surface area contributed by atoms with Crippen molar-refractivity contribution < 1.29 is 22.8 Å². The van der Waals surface area contributed by atoms with Crippen LogP contribution in [0.4, 0.5) is 13.2 Å². The topological polar surface area (TPSA) is 55.9 Å². The second-order valence-electron chi connectivity index (χ2n) is 7.69. The van der Waals surface area contributed by atoms with Gasteiger partial charge in [-0.25, -0.2) is 0 Å². The fourth-order valence-electron chi connectivity index (χ4n) is 3.79. The van der Waals surface area contributed by atoms with Crippen LogP contribution < -0.4 is 5.32 Å². The fourth-order valence-corrected chi connectivity index (χ4v) is 5.00. The third kappa shape index (κ3) is 5.81. The summed E-state index contributed by atoms with van der Waals surface area (Å²) in [5, 5.41) is 4.95. The Balaban J connectivity index is 1.19. The van der Waals surface area contributed by atoms with E-state index in [1.807, 2.05) is 10.3 Å². The zero-order chi connectivity index (χ0) is 22.7. The van der Waals surface area contributed by atoms with Crippen molar-refractivity contribution in [3.63, 3.8) is 0 Å². The van der Waals surface area contributed by atoms with E-state index in [4.69, 9.17) is 0 Å². The second kappa shape index (κ2) is 9.80. The number of amides is 2. The average molecular weight is 485 g/mol. The molecule has 172 valence electrons. The molecule has 2 amide bonds. The minimum absolute atomic E-state index is 0.0511. The van der Waals surface area contributed by atoms with Crippen LogP contribution in [-0.4, -0.2) is 83.2 Å². The van der Waals surface area contributed by atoms with E-state index in [2.05, 4.69) is 10.2 Å². The average Bonchev–Trinajstić information content (AvgIpc) is 3.26. The predicted molar refractivity (Wildman–Crippen MR) is 120 cm³/mol. The third-order valence-corrected chi connectivity index (χ3v) is 7.05. The van der Waals surface area contributed by atoms with Crippen LogP contribution in [-0.2, 0) is 9.59 Å². The highest BCUT2D eigenvalue weighted by Gasteiger charge is 2.36. The molecule has 0 unspecified atom stereocenters. The first-order chi connectivity index (χ1) is 15.3. The molecular formula is C21H23F3N4O2S2. The summed E-state index contributed by atoms with van der Waals surface area (Å²) in [4.78, 5) is 30.8. The Morgan fingerprint density at radius 1 is 1.06 bits per heavy atom. The molecule has 0 radical (unpaired) electrons. The highest BCUT2D eigenvalue weighted by Crippen LogP contribution is 2.36. The Kier molecular flexibility index (Phi) is 7.06. The molecule has 1 aromatic carbocycles. The standard InChI is InChI=1S/C21H23F3N4O2S2/c22-21(23,24)32-17-4-1-15(2-5-17)3-6-19(29)28-11-16(12-28)26-7-9-27(10-8-26)20(30)18-13-31-14-25-18/h1-6,13,16,25H,7-12,14H2/b6-3+. The molecule has 0 atom stereocenters. The van der Waals surface area contributed by atoms with Gasteiger partial charge >= 0.3 is 5.51 Å². The fraction of sp³-hybridized carbons (Fsp3) is 0.429. The van der Waals surface area contributed by atoms with E-state index in [0.717, 1.165) is 19.0 Å². The first-order valence-corrected chi connectivity index (χ1v) is 12.1.